The fourth-order valence-electron chi connectivity index (χ4n) is 2.47. The van der Waals surface area contributed by atoms with E-state index in [1.165, 1.54) is 12.1 Å². The SMILES string of the molecule is COc1ccc(NC(=O)c2cc(NCc3ccccc3F)nc(C)n2)cc1. The highest BCUT2D eigenvalue weighted by atomic mass is 19.1. The first-order chi connectivity index (χ1) is 13.0. The van der Waals surface area contributed by atoms with E-state index >= 15 is 0 Å². The average molecular weight is 366 g/mol. The molecule has 3 rings (SSSR count). The van der Waals surface area contributed by atoms with Crippen molar-refractivity contribution >= 4 is 17.4 Å². The summed E-state index contributed by atoms with van der Waals surface area (Å²) in [5, 5.41) is 5.80. The first-order valence-corrected chi connectivity index (χ1v) is 8.33. The average Bonchev–Trinajstić information content (AvgIpc) is 2.67. The fraction of sp³-hybridized carbons (Fsp3) is 0.150. The third-order valence-electron chi connectivity index (χ3n) is 3.84. The Morgan fingerprint density at radius 1 is 1.11 bits per heavy atom. The number of aryl methyl sites for hydroxylation is 1. The van der Waals surface area contributed by atoms with Gasteiger partial charge in [0.1, 0.15) is 28.9 Å². The van der Waals surface area contributed by atoms with E-state index in [-0.39, 0.29) is 24.0 Å². The van der Waals surface area contributed by atoms with Crippen molar-refractivity contribution in [3.8, 4) is 5.75 Å². The number of ether oxygens (including phenoxy) is 1. The molecule has 0 saturated heterocycles. The second-order valence-electron chi connectivity index (χ2n) is 5.81. The molecular weight excluding hydrogens is 347 g/mol. The Hall–Kier alpha value is -3.48. The molecule has 0 fully saturated rings. The summed E-state index contributed by atoms with van der Waals surface area (Å²) in [4.78, 5) is 20.9. The minimum absolute atomic E-state index is 0.217. The van der Waals surface area contributed by atoms with Crippen LogP contribution in [-0.2, 0) is 6.54 Å². The molecule has 2 aromatic carbocycles. The first kappa shape index (κ1) is 18.3. The quantitative estimate of drug-likeness (QED) is 0.694. The summed E-state index contributed by atoms with van der Waals surface area (Å²) in [7, 11) is 1.58. The Morgan fingerprint density at radius 3 is 2.56 bits per heavy atom. The Bertz CT molecular complexity index is 945. The third kappa shape index (κ3) is 4.78. The molecule has 1 heterocycles. The summed E-state index contributed by atoms with van der Waals surface area (Å²) >= 11 is 0. The van der Waals surface area contributed by atoms with Gasteiger partial charge in [-0.25, -0.2) is 14.4 Å². The van der Waals surface area contributed by atoms with E-state index < -0.39 is 0 Å². The highest BCUT2D eigenvalue weighted by Crippen LogP contribution is 2.17. The van der Waals surface area contributed by atoms with Crippen LogP contribution in [0.15, 0.2) is 54.6 Å². The number of carbonyl (C=O) groups is 1. The van der Waals surface area contributed by atoms with Crippen molar-refractivity contribution in [2.24, 2.45) is 0 Å². The number of nitrogens with zero attached hydrogens (tertiary/aromatic N) is 2. The molecule has 27 heavy (non-hydrogen) atoms. The van der Waals surface area contributed by atoms with Crippen molar-refractivity contribution < 1.29 is 13.9 Å². The number of anilines is 2. The Balaban J connectivity index is 1.71. The van der Waals surface area contributed by atoms with Gasteiger partial charge in [0, 0.05) is 23.9 Å². The van der Waals surface area contributed by atoms with Gasteiger partial charge >= 0.3 is 0 Å². The standard InChI is InChI=1S/C20H19FN4O2/c1-13-23-18(20(26)25-15-7-9-16(27-2)10-8-15)11-19(24-13)22-12-14-5-3-4-6-17(14)21/h3-11H,12H2,1-2H3,(H,25,26)(H,22,23,24). The van der Waals surface area contributed by atoms with E-state index in [1.54, 1.807) is 56.5 Å². The van der Waals surface area contributed by atoms with Crippen molar-refractivity contribution in [3.05, 3.63) is 77.5 Å². The van der Waals surface area contributed by atoms with Gasteiger partial charge in [-0.15, -0.1) is 0 Å². The van der Waals surface area contributed by atoms with E-state index in [0.29, 0.717) is 28.6 Å². The molecular formula is C20H19FN4O2. The lowest BCUT2D eigenvalue weighted by Gasteiger charge is -2.10. The molecule has 0 aliphatic heterocycles. The van der Waals surface area contributed by atoms with Gasteiger partial charge in [-0.05, 0) is 37.3 Å². The monoisotopic (exact) mass is 366 g/mol. The lowest BCUT2D eigenvalue weighted by Crippen LogP contribution is -2.16. The number of rotatable bonds is 6. The third-order valence-corrected chi connectivity index (χ3v) is 3.84. The van der Waals surface area contributed by atoms with Crippen LogP contribution in [0.3, 0.4) is 0 Å². The van der Waals surface area contributed by atoms with Crippen LogP contribution in [0.4, 0.5) is 15.9 Å². The summed E-state index contributed by atoms with van der Waals surface area (Å²) in [5.74, 6) is 0.928. The Kier molecular flexibility index (Phi) is 5.61. The highest BCUT2D eigenvalue weighted by Gasteiger charge is 2.11. The second-order valence-corrected chi connectivity index (χ2v) is 5.81. The highest BCUT2D eigenvalue weighted by molar-refractivity contribution is 6.03. The zero-order valence-corrected chi connectivity index (χ0v) is 15.0. The Labute approximate surface area is 156 Å². The maximum absolute atomic E-state index is 13.7. The van der Waals surface area contributed by atoms with E-state index in [1.807, 2.05) is 0 Å². The molecule has 0 saturated carbocycles. The van der Waals surface area contributed by atoms with Gasteiger partial charge in [-0.2, -0.15) is 0 Å². The number of hydrogen-bond donors (Lipinski definition) is 2. The predicted molar refractivity (Wildman–Crippen MR) is 101 cm³/mol. The van der Waals surface area contributed by atoms with Gasteiger partial charge in [0.25, 0.3) is 5.91 Å². The van der Waals surface area contributed by atoms with Gasteiger partial charge < -0.3 is 15.4 Å². The molecule has 6 nitrogen and oxygen atoms in total. The molecule has 0 aliphatic rings. The zero-order chi connectivity index (χ0) is 19.2. The molecule has 0 spiro atoms. The topological polar surface area (TPSA) is 76.1 Å². The summed E-state index contributed by atoms with van der Waals surface area (Å²) in [6, 6.07) is 15.0. The van der Waals surface area contributed by atoms with Crippen LogP contribution in [0.2, 0.25) is 0 Å². The molecule has 7 heteroatoms. The summed E-state index contributed by atoms with van der Waals surface area (Å²) < 4.78 is 18.8. The lowest BCUT2D eigenvalue weighted by molar-refractivity contribution is 0.102. The fourth-order valence-corrected chi connectivity index (χ4v) is 2.47. The predicted octanol–water partition coefficient (Wildman–Crippen LogP) is 3.80. The molecule has 1 amide bonds. The number of carbonyl (C=O) groups excluding carboxylic acids is 1. The number of hydrogen-bond acceptors (Lipinski definition) is 5. The summed E-state index contributed by atoms with van der Waals surface area (Å²) in [6.07, 6.45) is 0. The number of aromatic nitrogens is 2. The number of halogens is 1. The lowest BCUT2D eigenvalue weighted by atomic mass is 10.2. The first-order valence-electron chi connectivity index (χ1n) is 8.33. The van der Waals surface area contributed by atoms with Crippen LogP contribution in [-0.4, -0.2) is 23.0 Å². The van der Waals surface area contributed by atoms with Gasteiger partial charge in [-0.1, -0.05) is 18.2 Å². The largest absolute Gasteiger partial charge is 0.497 e. The van der Waals surface area contributed by atoms with E-state index in [2.05, 4.69) is 20.6 Å². The van der Waals surface area contributed by atoms with Crippen LogP contribution >= 0.6 is 0 Å². The van der Waals surface area contributed by atoms with Gasteiger partial charge in [0.2, 0.25) is 0 Å². The summed E-state index contributed by atoms with van der Waals surface area (Å²) in [6.45, 7) is 1.95. The van der Waals surface area contributed by atoms with E-state index in [0.717, 1.165) is 0 Å². The van der Waals surface area contributed by atoms with Crippen molar-refractivity contribution in [2.75, 3.05) is 17.7 Å². The molecule has 0 radical (unpaired) electrons. The maximum Gasteiger partial charge on any atom is 0.274 e. The van der Waals surface area contributed by atoms with E-state index in [9.17, 15) is 9.18 Å². The van der Waals surface area contributed by atoms with Crippen molar-refractivity contribution in [1.29, 1.82) is 0 Å². The Morgan fingerprint density at radius 2 is 1.85 bits per heavy atom. The molecule has 0 bridgehead atoms. The van der Waals surface area contributed by atoms with E-state index in [4.69, 9.17) is 4.74 Å². The van der Waals surface area contributed by atoms with Crippen molar-refractivity contribution in [3.63, 3.8) is 0 Å². The molecule has 0 aliphatic carbocycles. The molecule has 3 aromatic rings. The second kappa shape index (κ2) is 8.27. The number of amides is 1. The molecule has 2 N–H and O–H groups in total. The zero-order valence-electron chi connectivity index (χ0n) is 15.0. The number of benzene rings is 2. The normalized spacial score (nSPS) is 10.3. The van der Waals surface area contributed by atoms with Gasteiger partial charge in [-0.3, -0.25) is 4.79 Å². The number of methoxy groups -OCH3 is 1. The smallest absolute Gasteiger partial charge is 0.274 e. The minimum Gasteiger partial charge on any atom is -0.497 e. The van der Waals surface area contributed by atoms with Gasteiger partial charge in [0.05, 0.1) is 7.11 Å². The van der Waals surface area contributed by atoms with Crippen molar-refractivity contribution in [2.45, 2.75) is 13.5 Å². The maximum atomic E-state index is 13.7. The molecule has 0 unspecified atom stereocenters. The van der Waals surface area contributed by atoms with Crippen LogP contribution in [0, 0.1) is 12.7 Å². The molecule has 1 aromatic heterocycles. The molecule has 138 valence electrons. The van der Waals surface area contributed by atoms with Gasteiger partial charge in [0.15, 0.2) is 0 Å². The number of nitrogens with one attached hydrogen (secondary N) is 2. The van der Waals surface area contributed by atoms with Crippen LogP contribution < -0.4 is 15.4 Å². The summed E-state index contributed by atoms with van der Waals surface area (Å²) in [5.41, 5.74) is 1.35. The minimum atomic E-state index is -0.361. The molecule has 0 atom stereocenters. The van der Waals surface area contributed by atoms with Crippen molar-refractivity contribution in [1.82, 2.24) is 9.97 Å². The van der Waals surface area contributed by atoms with Crippen LogP contribution in [0.25, 0.3) is 0 Å². The van der Waals surface area contributed by atoms with Crippen LogP contribution in [0.1, 0.15) is 21.9 Å². The van der Waals surface area contributed by atoms with Crippen LogP contribution in [0.5, 0.6) is 5.75 Å².